The van der Waals surface area contributed by atoms with Crippen LogP contribution in [-0.2, 0) is 13.0 Å². The molecule has 0 spiro atoms. The molecule has 3 N–H and O–H groups in total. The van der Waals surface area contributed by atoms with Gasteiger partial charge < -0.3 is 30.3 Å². The van der Waals surface area contributed by atoms with Crippen molar-refractivity contribution in [2.45, 2.75) is 78.5 Å². The zero-order chi connectivity index (χ0) is 34.9. The molecule has 3 amide bonds. The molecule has 0 saturated heterocycles. The summed E-state index contributed by atoms with van der Waals surface area (Å²) in [4.78, 5) is 45.1. The van der Waals surface area contributed by atoms with E-state index >= 15 is 0 Å². The van der Waals surface area contributed by atoms with Gasteiger partial charge in [0, 0.05) is 56.0 Å². The van der Waals surface area contributed by atoms with Crippen LogP contribution in [0.3, 0.4) is 0 Å². The Hall–Kier alpha value is -3.92. The molecule has 0 aliphatic carbocycles. The Morgan fingerprint density at radius 2 is 1.22 bits per heavy atom. The Kier molecular flexibility index (Phi) is 18.5. The van der Waals surface area contributed by atoms with Gasteiger partial charge in [-0.2, -0.15) is 0 Å². The number of hydrogen-bond donors (Lipinski definition) is 3. The first-order chi connectivity index (χ1) is 23.2. The van der Waals surface area contributed by atoms with E-state index < -0.39 is 18.1 Å². The molecular formula is C39H55ClN4O5. The third-order valence-electron chi connectivity index (χ3n) is 8.13. The van der Waals surface area contributed by atoms with Crippen molar-refractivity contribution in [3.63, 3.8) is 0 Å². The van der Waals surface area contributed by atoms with E-state index in [0.29, 0.717) is 50.3 Å². The van der Waals surface area contributed by atoms with Crippen molar-refractivity contribution in [1.82, 2.24) is 20.4 Å². The van der Waals surface area contributed by atoms with Crippen molar-refractivity contribution in [2.24, 2.45) is 0 Å². The van der Waals surface area contributed by atoms with Gasteiger partial charge in [0.15, 0.2) is 0 Å². The number of aliphatic hydroxyl groups is 1. The second kappa shape index (κ2) is 21.9. The summed E-state index contributed by atoms with van der Waals surface area (Å²) in [6.45, 7) is 11.1. The summed E-state index contributed by atoms with van der Waals surface area (Å²) in [5, 5.41) is 17.7. The highest BCUT2D eigenvalue weighted by Crippen LogP contribution is 2.18. The fraction of sp³-hybridized carbons (Fsp3) is 0.462. The third kappa shape index (κ3) is 12.8. The molecule has 9 nitrogen and oxygen atoms in total. The highest BCUT2D eigenvalue weighted by Gasteiger charge is 2.26. The Morgan fingerprint density at radius 3 is 1.73 bits per heavy atom. The second-order valence-corrected chi connectivity index (χ2v) is 12.2. The van der Waals surface area contributed by atoms with Crippen LogP contribution in [-0.4, -0.2) is 84.6 Å². The van der Waals surface area contributed by atoms with Crippen molar-refractivity contribution in [3.8, 4) is 5.75 Å². The summed E-state index contributed by atoms with van der Waals surface area (Å²) >= 11 is 0. The molecule has 268 valence electrons. The number of ether oxygens (including phenoxy) is 1. The zero-order valence-electron chi connectivity index (χ0n) is 29.7. The van der Waals surface area contributed by atoms with Crippen molar-refractivity contribution in [3.05, 3.63) is 101 Å². The number of methoxy groups -OCH3 is 1. The average Bonchev–Trinajstić information content (AvgIpc) is 3.10. The Balaban J connectivity index is 0.00000833. The summed E-state index contributed by atoms with van der Waals surface area (Å²) in [6, 6.07) is 21.5. The van der Waals surface area contributed by atoms with Gasteiger partial charge in [-0.1, -0.05) is 70.2 Å². The number of rotatable bonds is 20. The lowest BCUT2D eigenvalue weighted by atomic mass is 9.99. The van der Waals surface area contributed by atoms with Crippen LogP contribution in [0.15, 0.2) is 72.8 Å². The highest BCUT2D eigenvalue weighted by atomic mass is 35.5. The van der Waals surface area contributed by atoms with E-state index in [-0.39, 0.29) is 36.3 Å². The molecule has 0 bridgehead atoms. The monoisotopic (exact) mass is 694 g/mol. The predicted octanol–water partition coefficient (Wildman–Crippen LogP) is 6.13. The van der Waals surface area contributed by atoms with Crippen molar-refractivity contribution >= 4 is 30.1 Å². The maximum atomic E-state index is 14.0. The Labute approximate surface area is 298 Å². The topological polar surface area (TPSA) is 111 Å². The molecule has 0 aliphatic heterocycles. The lowest BCUT2D eigenvalue weighted by Gasteiger charge is -2.26. The fourth-order valence-electron chi connectivity index (χ4n) is 5.77. The number of halogens is 1. The van der Waals surface area contributed by atoms with Gasteiger partial charge in [-0.05, 0) is 73.6 Å². The second-order valence-electron chi connectivity index (χ2n) is 12.2. The Morgan fingerprint density at radius 1 is 0.714 bits per heavy atom. The van der Waals surface area contributed by atoms with E-state index in [9.17, 15) is 19.5 Å². The van der Waals surface area contributed by atoms with E-state index in [0.717, 1.165) is 42.6 Å². The number of aliphatic hydroxyl groups excluding tert-OH is 1. The van der Waals surface area contributed by atoms with Crippen LogP contribution in [0.25, 0.3) is 0 Å². The normalized spacial score (nSPS) is 12.0. The first kappa shape index (κ1) is 41.3. The van der Waals surface area contributed by atoms with Crippen LogP contribution in [0.2, 0.25) is 0 Å². The molecule has 0 fully saturated rings. The minimum absolute atomic E-state index is 0. The highest BCUT2D eigenvalue weighted by molar-refractivity contribution is 6.04. The molecular weight excluding hydrogens is 640 g/mol. The van der Waals surface area contributed by atoms with Gasteiger partial charge in [0.05, 0.1) is 19.3 Å². The smallest absolute Gasteiger partial charge is 0.253 e. The summed E-state index contributed by atoms with van der Waals surface area (Å²) in [7, 11) is 1.62. The van der Waals surface area contributed by atoms with Crippen LogP contribution in [0.5, 0.6) is 5.75 Å². The van der Waals surface area contributed by atoms with Gasteiger partial charge in [0.2, 0.25) is 0 Å². The number of nitrogens with one attached hydrogen (secondary N) is 2. The van der Waals surface area contributed by atoms with Crippen molar-refractivity contribution < 1.29 is 24.2 Å². The molecule has 0 unspecified atom stereocenters. The zero-order valence-corrected chi connectivity index (χ0v) is 30.6. The van der Waals surface area contributed by atoms with E-state index in [4.69, 9.17) is 4.74 Å². The SMILES string of the molecule is CCCN(CCC)C(=O)c1cc(C(=O)N[C@@H](Cc2ccccc2)[C@H](O)CNCc2cccc(OC)c2)cc(C(=O)N(CCC)CCC)c1.Cl. The van der Waals surface area contributed by atoms with E-state index in [2.05, 4.69) is 10.6 Å². The van der Waals surface area contributed by atoms with E-state index in [1.165, 1.54) is 0 Å². The van der Waals surface area contributed by atoms with Gasteiger partial charge in [-0.3, -0.25) is 14.4 Å². The summed E-state index contributed by atoms with van der Waals surface area (Å²) in [5.41, 5.74) is 2.78. The largest absolute Gasteiger partial charge is 0.497 e. The molecule has 49 heavy (non-hydrogen) atoms. The lowest BCUT2D eigenvalue weighted by molar-refractivity contribution is 0.0753. The van der Waals surface area contributed by atoms with E-state index in [1.807, 2.05) is 82.3 Å². The van der Waals surface area contributed by atoms with Gasteiger partial charge in [0.1, 0.15) is 5.75 Å². The molecule has 3 aromatic rings. The number of benzene rings is 3. The van der Waals surface area contributed by atoms with Crippen LogP contribution < -0.4 is 15.4 Å². The minimum atomic E-state index is -0.931. The van der Waals surface area contributed by atoms with Crippen LogP contribution in [0.1, 0.15) is 95.6 Å². The first-order valence-electron chi connectivity index (χ1n) is 17.3. The summed E-state index contributed by atoms with van der Waals surface area (Å²) in [6.07, 6.45) is 2.64. The molecule has 0 aliphatic rings. The quantitative estimate of drug-likeness (QED) is 0.131. The van der Waals surface area contributed by atoms with Crippen LogP contribution in [0, 0.1) is 0 Å². The summed E-state index contributed by atoms with van der Waals surface area (Å²) in [5.74, 6) is -0.116. The summed E-state index contributed by atoms with van der Waals surface area (Å²) < 4.78 is 5.32. The maximum absolute atomic E-state index is 14.0. The Bertz CT molecular complexity index is 1400. The molecule has 0 heterocycles. The van der Waals surface area contributed by atoms with Crippen molar-refractivity contribution in [1.29, 1.82) is 0 Å². The molecule has 3 rings (SSSR count). The predicted molar refractivity (Wildman–Crippen MR) is 199 cm³/mol. The molecule has 0 radical (unpaired) electrons. The standard InChI is InChI=1S/C39H54N4O5.ClH/c1-6-18-42(19-7-2)38(46)32-24-31(25-33(26-32)39(47)43(20-8-3)21-9-4)37(45)41-35(23-29-14-11-10-12-15-29)36(44)28-40-27-30-16-13-17-34(22-30)48-5;/h10-17,22,24-26,35-36,40,44H,6-9,18-21,23,27-28H2,1-5H3,(H,41,45);1H/t35-,36+;/m0./s1. The number of carbonyl (C=O) groups is 3. The van der Waals surface area contributed by atoms with Crippen LogP contribution in [0.4, 0.5) is 0 Å². The van der Waals surface area contributed by atoms with Gasteiger partial charge >= 0.3 is 0 Å². The van der Waals surface area contributed by atoms with Crippen LogP contribution >= 0.6 is 12.4 Å². The molecule has 3 aromatic carbocycles. The first-order valence-corrected chi connectivity index (χ1v) is 17.3. The average molecular weight is 695 g/mol. The fourth-order valence-corrected chi connectivity index (χ4v) is 5.77. The minimum Gasteiger partial charge on any atom is -0.497 e. The molecule has 10 heteroatoms. The maximum Gasteiger partial charge on any atom is 0.253 e. The molecule has 0 aromatic heterocycles. The van der Waals surface area contributed by atoms with Gasteiger partial charge in [0.25, 0.3) is 17.7 Å². The lowest BCUT2D eigenvalue weighted by Crippen LogP contribution is -2.48. The van der Waals surface area contributed by atoms with Crippen molar-refractivity contribution in [2.75, 3.05) is 39.8 Å². The van der Waals surface area contributed by atoms with Gasteiger partial charge in [-0.15, -0.1) is 12.4 Å². The molecule has 0 saturated carbocycles. The van der Waals surface area contributed by atoms with E-state index in [1.54, 1.807) is 35.1 Å². The number of carbonyl (C=O) groups excluding carboxylic acids is 3. The van der Waals surface area contributed by atoms with Gasteiger partial charge in [-0.25, -0.2) is 0 Å². The third-order valence-corrected chi connectivity index (χ3v) is 8.13. The number of amides is 3. The number of nitrogens with zero attached hydrogens (tertiary/aromatic N) is 2. The number of hydrogen-bond acceptors (Lipinski definition) is 6. The molecule has 2 atom stereocenters.